The second kappa shape index (κ2) is 24.6. The molecule has 2 heterocycles. The third-order valence-electron chi connectivity index (χ3n) is 10.3. The Morgan fingerprint density at radius 1 is 0.648 bits per heavy atom. The summed E-state index contributed by atoms with van der Waals surface area (Å²) in [7, 11) is -2.29. The van der Waals surface area contributed by atoms with E-state index < -0.39 is 53.6 Å². The van der Waals surface area contributed by atoms with Gasteiger partial charge in [-0.3, -0.25) is 14.4 Å². The lowest BCUT2D eigenvalue weighted by Crippen LogP contribution is -2.30. The maximum Gasteiger partial charge on any atom is 0.354 e. The van der Waals surface area contributed by atoms with E-state index in [4.69, 9.17) is 15.2 Å². The number of nitrogen functional groups attached to an aromatic ring is 1. The Hall–Kier alpha value is -7.92. The summed E-state index contributed by atoms with van der Waals surface area (Å²) >= 11 is 0. The molecule has 2 aliphatic heterocycles. The highest BCUT2D eigenvalue weighted by Crippen LogP contribution is 2.33. The maximum atomic E-state index is 12.9. The van der Waals surface area contributed by atoms with E-state index in [0.29, 0.717) is 12.8 Å². The second-order valence-electron chi connectivity index (χ2n) is 15.7. The van der Waals surface area contributed by atoms with Crippen LogP contribution in [0.15, 0.2) is 123 Å². The molecule has 4 aromatic carbocycles. The van der Waals surface area contributed by atoms with Crippen molar-refractivity contribution in [2.75, 3.05) is 52.5 Å². The molecule has 0 unspecified atom stereocenters. The lowest BCUT2D eigenvalue weighted by molar-refractivity contribution is -0.138. The van der Waals surface area contributed by atoms with Gasteiger partial charge in [-0.15, -0.1) is 4.40 Å². The van der Waals surface area contributed by atoms with Crippen LogP contribution in [0.2, 0.25) is 0 Å². The van der Waals surface area contributed by atoms with Crippen LogP contribution < -0.4 is 26.4 Å². The number of phenolic OH excluding ortho intramolecular Hbond substituents is 2. The first kappa shape index (κ1) is 55.7. The van der Waals surface area contributed by atoms with Gasteiger partial charge >= 0.3 is 11.9 Å². The summed E-state index contributed by atoms with van der Waals surface area (Å²) in [5.74, 6) is -4.38. The van der Waals surface area contributed by atoms with E-state index in [1.54, 1.807) is 54.2 Å². The number of anilines is 2. The summed E-state index contributed by atoms with van der Waals surface area (Å²) in [5.41, 5.74) is 7.33. The molecule has 71 heavy (non-hydrogen) atoms. The summed E-state index contributed by atoms with van der Waals surface area (Å²) in [5, 5.41) is 28.9. The molecule has 0 saturated heterocycles. The molecule has 0 spiro atoms. The van der Waals surface area contributed by atoms with Gasteiger partial charge in [0.2, 0.25) is 9.81 Å². The molecule has 4 aromatic rings. The van der Waals surface area contributed by atoms with Gasteiger partial charge in [0, 0.05) is 28.2 Å². The average Bonchev–Trinajstić information content (AvgIpc) is 3.72. The zero-order valence-corrected chi connectivity index (χ0v) is 42.0. The number of para-hydroxylation sites is 2. The SMILES string of the molecule is CCOC(=O)C1=C(N[C@H](CC)c2ccccc2)C(=O)NS1(=O)=O.CCOC(=O)C1=C(N[C@H](CC)c2ccccc2)C(Nc2cccc(C(=O)N(C)C)c2O)=NS1(=O)=O.CN(C)C(=O)c1cccc(N)c1O. The summed E-state index contributed by atoms with van der Waals surface area (Å²) in [6.07, 6.45) is 1.16. The van der Waals surface area contributed by atoms with E-state index in [9.17, 15) is 51.0 Å². The Balaban J connectivity index is 0.000000259. The number of benzene rings is 4. The van der Waals surface area contributed by atoms with E-state index in [1.807, 2.05) is 79.2 Å². The van der Waals surface area contributed by atoms with Crippen molar-refractivity contribution in [1.82, 2.24) is 25.2 Å². The van der Waals surface area contributed by atoms with Crippen LogP contribution in [0, 0.1) is 0 Å². The molecule has 21 nitrogen and oxygen atoms in total. The number of hydrogen-bond donors (Lipinski definition) is 7. The van der Waals surface area contributed by atoms with Gasteiger partial charge in [0.1, 0.15) is 11.4 Å². The van der Waals surface area contributed by atoms with Crippen molar-refractivity contribution in [1.29, 1.82) is 0 Å². The second-order valence-corrected chi connectivity index (χ2v) is 18.9. The fourth-order valence-electron chi connectivity index (χ4n) is 6.79. The number of aromatic hydroxyl groups is 2. The fourth-order valence-corrected chi connectivity index (χ4v) is 9.09. The van der Waals surface area contributed by atoms with Gasteiger partial charge in [0.15, 0.2) is 17.3 Å². The van der Waals surface area contributed by atoms with Crippen molar-refractivity contribution in [2.24, 2.45) is 4.40 Å². The molecular weight excluding hydrogens is 961 g/mol. The molecule has 2 aliphatic rings. The highest BCUT2D eigenvalue weighted by atomic mass is 32.2. The fraction of sp³-hybridized carbons (Fsp3) is 0.292. The lowest BCUT2D eigenvalue weighted by Gasteiger charge is -2.22. The number of rotatable bonds is 15. The minimum absolute atomic E-state index is 0.00914. The predicted molar refractivity (Wildman–Crippen MR) is 266 cm³/mol. The summed E-state index contributed by atoms with van der Waals surface area (Å²) in [4.78, 5) is 61.8. The van der Waals surface area contributed by atoms with E-state index in [2.05, 4.69) is 20.3 Å². The number of nitrogens with two attached hydrogens (primary N) is 1. The van der Waals surface area contributed by atoms with Gasteiger partial charge in [0.05, 0.1) is 47.8 Å². The van der Waals surface area contributed by atoms with Crippen molar-refractivity contribution in [3.63, 3.8) is 0 Å². The first-order valence-corrected chi connectivity index (χ1v) is 24.9. The van der Waals surface area contributed by atoms with Crippen molar-refractivity contribution in [3.8, 4) is 11.5 Å². The van der Waals surface area contributed by atoms with Crippen LogP contribution in [0.25, 0.3) is 0 Å². The zero-order valence-electron chi connectivity index (χ0n) is 40.3. The molecule has 23 heteroatoms. The van der Waals surface area contributed by atoms with Gasteiger partial charge in [-0.2, -0.15) is 8.42 Å². The number of ether oxygens (including phenoxy) is 2. The molecule has 3 amide bonds. The normalized spacial score (nSPS) is 15.0. The highest BCUT2D eigenvalue weighted by Gasteiger charge is 2.43. The third kappa shape index (κ3) is 13.7. The average molecular weight is 1020 g/mol. The van der Waals surface area contributed by atoms with Crippen molar-refractivity contribution in [3.05, 3.63) is 141 Å². The number of amidine groups is 1. The smallest absolute Gasteiger partial charge is 0.354 e. The largest absolute Gasteiger partial charge is 0.505 e. The molecular formula is C48H58N8O13S2. The molecule has 0 radical (unpaired) electrons. The first-order valence-electron chi connectivity index (χ1n) is 22.0. The number of sulfonamides is 2. The van der Waals surface area contributed by atoms with Crippen LogP contribution in [-0.4, -0.2) is 114 Å². The van der Waals surface area contributed by atoms with Crippen LogP contribution in [0.1, 0.15) is 84.5 Å². The molecule has 0 bridgehead atoms. The van der Waals surface area contributed by atoms with Crippen LogP contribution in [0.5, 0.6) is 11.5 Å². The minimum atomic E-state index is -4.40. The third-order valence-corrected chi connectivity index (χ3v) is 13.0. The summed E-state index contributed by atoms with van der Waals surface area (Å²) in [6.45, 7) is 6.90. The lowest BCUT2D eigenvalue weighted by atomic mass is 10.0. The molecule has 2 atom stereocenters. The first-order chi connectivity index (χ1) is 33.5. The Morgan fingerprint density at radius 2 is 1.10 bits per heavy atom. The summed E-state index contributed by atoms with van der Waals surface area (Å²) in [6, 6.07) is 27.0. The number of phenols is 2. The van der Waals surface area contributed by atoms with Crippen molar-refractivity contribution < 1.29 is 60.5 Å². The molecule has 8 N–H and O–H groups in total. The van der Waals surface area contributed by atoms with Gasteiger partial charge in [-0.25, -0.2) is 22.7 Å². The monoisotopic (exact) mass is 1020 g/mol. The number of nitrogens with zero attached hydrogens (tertiary/aromatic N) is 3. The Morgan fingerprint density at radius 3 is 1.56 bits per heavy atom. The Bertz CT molecular complexity index is 2940. The zero-order chi connectivity index (χ0) is 52.8. The van der Waals surface area contributed by atoms with E-state index in [1.165, 1.54) is 34.1 Å². The standard InChI is InChI=1S/C24H28N4O6S.C15H18N2O5S.C9H12N2O2/c1-5-17(15-11-8-7-9-12-15)25-19-21(24(31)34-6-2)35(32,33)27-22(19)26-18-14-10-13-16(20(18)29)23(30)28(3)4;1-3-11(10-8-6-5-7-9-10)16-12-13(15(19)22-4-2)23(20,21)17-14(12)18;1-11(2)9(13)6-4-3-5-7(10)8(6)12/h7-14,17,25,29H,5-6H2,1-4H3,(H,26,27);5-9,11,16H,3-4H2,1-2H3,(H,17,18);3-5,12H,10H2,1-2H3/t17-;11-;/m11./s1. The Kier molecular flexibility index (Phi) is 19.3. The van der Waals surface area contributed by atoms with Gasteiger partial charge in [-0.1, -0.05) is 86.6 Å². The van der Waals surface area contributed by atoms with Crippen LogP contribution in [0.3, 0.4) is 0 Å². The minimum Gasteiger partial charge on any atom is -0.505 e. The number of hydrogen-bond acceptors (Lipinski definition) is 17. The Labute approximate surface area is 412 Å². The molecule has 6 rings (SSSR count). The molecule has 0 saturated carbocycles. The van der Waals surface area contributed by atoms with Gasteiger partial charge in [0.25, 0.3) is 37.8 Å². The van der Waals surface area contributed by atoms with Crippen LogP contribution in [-0.2, 0) is 43.9 Å². The maximum absolute atomic E-state index is 12.9. The van der Waals surface area contributed by atoms with E-state index in [-0.39, 0.29) is 82.4 Å². The molecule has 0 fully saturated rings. The van der Waals surface area contributed by atoms with Crippen molar-refractivity contribution in [2.45, 2.75) is 52.6 Å². The summed E-state index contributed by atoms with van der Waals surface area (Å²) < 4.78 is 65.0. The van der Waals surface area contributed by atoms with E-state index >= 15 is 0 Å². The highest BCUT2D eigenvalue weighted by molar-refractivity contribution is 7.95. The predicted octanol–water partition coefficient (Wildman–Crippen LogP) is 4.40. The number of nitrogens with one attached hydrogen (secondary N) is 4. The number of carbonyl (C=O) groups is 5. The number of esters is 2. The van der Waals surface area contributed by atoms with Gasteiger partial charge in [-0.05, 0) is 62.1 Å². The number of carbonyl (C=O) groups excluding carboxylic acids is 5. The molecule has 0 aliphatic carbocycles. The topological polar surface area (TPSA) is 306 Å². The quantitative estimate of drug-likeness (QED) is 0.0493. The van der Waals surface area contributed by atoms with Crippen LogP contribution in [0.4, 0.5) is 11.4 Å². The molecule has 380 valence electrons. The van der Waals surface area contributed by atoms with Crippen LogP contribution >= 0.6 is 0 Å². The molecule has 0 aromatic heterocycles. The van der Waals surface area contributed by atoms with Crippen molar-refractivity contribution >= 4 is 66.9 Å². The van der Waals surface area contributed by atoms with Gasteiger partial charge < -0.3 is 51.2 Å². The van der Waals surface area contributed by atoms with E-state index in [0.717, 1.165) is 11.1 Å². The number of amides is 3.